The quantitative estimate of drug-likeness (QED) is 0.757. The summed E-state index contributed by atoms with van der Waals surface area (Å²) in [6.07, 6.45) is 6.84. The molecule has 3 nitrogen and oxygen atoms in total. The zero-order valence-electron chi connectivity index (χ0n) is 10.7. The lowest BCUT2D eigenvalue weighted by Gasteiger charge is -2.16. The first-order valence-corrected chi connectivity index (χ1v) is 7.58. The third-order valence-corrected chi connectivity index (χ3v) is 4.06. The van der Waals surface area contributed by atoms with E-state index in [1.807, 2.05) is 5.51 Å². The lowest BCUT2D eigenvalue weighted by molar-refractivity contribution is 0.313. The maximum absolute atomic E-state index is 4.31. The van der Waals surface area contributed by atoms with E-state index in [9.17, 15) is 0 Å². The average molecular weight is 253 g/mol. The Labute approximate surface area is 108 Å². The molecule has 1 aliphatic rings. The Hall–Kier alpha value is -0.450. The van der Waals surface area contributed by atoms with Crippen LogP contribution in [0.15, 0.2) is 10.9 Å². The highest BCUT2D eigenvalue weighted by atomic mass is 32.1. The van der Waals surface area contributed by atoms with Gasteiger partial charge in [0.05, 0.1) is 11.2 Å². The smallest absolute Gasteiger partial charge is 0.0795 e. The molecule has 1 saturated carbocycles. The molecule has 0 unspecified atom stereocenters. The number of hydrogen-bond acceptors (Lipinski definition) is 4. The molecule has 1 fully saturated rings. The molecule has 1 aromatic heterocycles. The van der Waals surface area contributed by atoms with Crippen LogP contribution in [0.4, 0.5) is 0 Å². The Morgan fingerprint density at radius 3 is 3.00 bits per heavy atom. The zero-order chi connectivity index (χ0) is 11.9. The summed E-state index contributed by atoms with van der Waals surface area (Å²) >= 11 is 1.68. The fourth-order valence-corrected chi connectivity index (χ4v) is 3.01. The number of rotatable bonds is 7. The minimum absolute atomic E-state index is 0.804. The van der Waals surface area contributed by atoms with Crippen LogP contribution in [0.25, 0.3) is 0 Å². The summed E-state index contributed by atoms with van der Waals surface area (Å²) in [5, 5.41) is 5.79. The van der Waals surface area contributed by atoms with Crippen molar-refractivity contribution in [2.75, 3.05) is 20.1 Å². The molecule has 0 amide bonds. The first kappa shape index (κ1) is 13.0. The van der Waals surface area contributed by atoms with Crippen molar-refractivity contribution in [2.24, 2.45) is 0 Å². The minimum atomic E-state index is 0.804. The predicted octanol–water partition coefficient (Wildman–Crippen LogP) is 2.50. The molecule has 0 aromatic carbocycles. The number of nitrogens with zero attached hydrogens (tertiary/aromatic N) is 2. The van der Waals surface area contributed by atoms with E-state index in [4.69, 9.17) is 0 Å². The van der Waals surface area contributed by atoms with Crippen LogP contribution >= 0.6 is 11.3 Å². The predicted molar refractivity (Wildman–Crippen MR) is 73.3 cm³/mol. The van der Waals surface area contributed by atoms with Gasteiger partial charge in [-0.25, -0.2) is 4.98 Å². The molecule has 0 radical (unpaired) electrons. The maximum atomic E-state index is 4.31. The van der Waals surface area contributed by atoms with Crippen molar-refractivity contribution in [2.45, 2.75) is 44.7 Å². The van der Waals surface area contributed by atoms with Crippen molar-refractivity contribution in [3.8, 4) is 0 Å². The minimum Gasteiger partial charge on any atom is -0.314 e. The van der Waals surface area contributed by atoms with E-state index in [1.165, 1.54) is 37.8 Å². The Morgan fingerprint density at radius 1 is 1.47 bits per heavy atom. The van der Waals surface area contributed by atoms with Gasteiger partial charge in [0, 0.05) is 18.0 Å². The molecule has 0 aliphatic heterocycles. The van der Waals surface area contributed by atoms with Crippen LogP contribution in [0.3, 0.4) is 0 Å². The van der Waals surface area contributed by atoms with Crippen LogP contribution < -0.4 is 5.32 Å². The molecule has 0 atom stereocenters. The number of nitrogens with one attached hydrogen (secondary N) is 1. The Balaban J connectivity index is 1.52. The van der Waals surface area contributed by atoms with Crippen LogP contribution in [-0.4, -0.2) is 36.1 Å². The monoisotopic (exact) mass is 253 g/mol. The summed E-state index contributed by atoms with van der Waals surface area (Å²) in [6, 6.07) is 0.804. The van der Waals surface area contributed by atoms with Crippen molar-refractivity contribution in [1.29, 1.82) is 0 Å². The second-order valence-electron chi connectivity index (χ2n) is 5.01. The van der Waals surface area contributed by atoms with Gasteiger partial charge in [-0.2, -0.15) is 0 Å². The molecule has 0 bridgehead atoms. The van der Waals surface area contributed by atoms with Crippen LogP contribution in [0, 0.1) is 0 Å². The summed E-state index contributed by atoms with van der Waals surface area (Å²) in [4.78, 5) is 6.66. The second-order valence-corrected chi connectivity index (χ2v) is 5.73. The molecule has 0 spiro atoms. The van der Waals surface area contributed by atoms with E-state index < -0.39 is 0 Å². The standard InChI is InChI=1S/C13H23N3S/c1-16(9-13-10-17-11-15-13)8-4-7-14-12-5-2-3-6-12/h10-12,14H,2-9H2,1H3. The van der Waals surface area contributed by atoms with Gasteiger partial charge in [0.15, 0.2) is 0 Å². The third kappa shape index (κ3) is 4.74. The number of hydrogen-bond donors (Lipinski definition) is 1. The van der Waals surface area contributed by atoms with Crippen molar-refractivity contribution >= 4 is 11.3 Å². The van der Waals surface area contributed by atoms with Crippen molar-refractivity contribution < 1.29 is 0 Å². The van der Waals surface area contributed by atoms with E-state index in [1.54, 1.807) is 11.3 Å². The van der Waals surface area contributed by atoms with E-state index in [-0.39, 0.29) is 0 Å². The summed E-state index contributed by atoms with van der Waals surface area (Å²) in [6.45, 7) is 3.29. The molecule has 1 N–H and O–H groups in total. The second kappa shape index (κ2) is 7.09. The van der Waals surface area contributed by atoms with Crippen LogP contribution in [-0.2, 0) is 6.54 Å². The molecule has 96 valence electrons. The SMILES string of the molecule is CN(CCCNC1CCCC1)Cc1cscn1. The molecule has 4 heteroatoms. The van der Waals surface area contributed by atoms with Gasteiger partial charge in [-0.05, 0) is 39.4 Å². The Bertz CT molecular complexity index is 294. The Kier molecular flexibility index (Phi) is 5.42. The summed E-state index contributed by atoms with van der Waals surface area (Å²) in [5.41, 5.74) is 3.10. The topological polar surface area (TPSA) is 28.2 Å². The van der Waals surface area contributed by atoms with Crippen molar-refractivity contribution in [3.05, 3.63) is 16.6 Å². The van der Waals surface area contributed by atoms with E-state index in [0.29, 0.717) is 0 Å². The van der Waals surface area contributed by atoms with Crippen molar-refractivity contribution in [3.63, 3.8) is 0 Å². The lowest BCUT2D eigenvalue weighted by atomic mass is 10.2. The number of thiazole rings is 1. The zero-order valence-corrected chi connectivity index (χ0v) is 11.5. The van der Waals surface area contributed by atoms with Gasteiger partial charge in [-0.15, -0.1) is 11.3 Å². The van der Waals surface area contributed by atoms with E-state index in [2.05, 4.69) is 27.6 Å². The lowest BCUT2D eigenvalue weighted by Crippen LogP contribution is -2.29. The van der Waals surface area contributed by atoms with E-state index in [0.717, 1.165) is 25.7 Å². The van der Waals surface area contributed by atoms with Crippen molar-refractivity contribution in [1.82, 2.24) is 15.2 Å². The molecule has 1 aliphatic carbocycles. The van der Waals surface area contributed by atoms with Crippen LogP contribution in [0.2, 0.25) is 0 Å². The maximum Gasteiger partial charge on any atom is 0.0795 e. The summed E-state index contributed by atoms with van der Waals surface area (Å²) in [7, 11) is 2.18. The van der Waals surface area contributed by atoms with Gasteiger partial charge >= 0.3 is 0 Å². The normalized spacial score (nSPS) is 17.1. The molecule has 1 aromatic rings. The Morgan fingerprint density at radius 2 is 2.29 bits per heavy atom. The summed E-state index contributed by atoms with van der Waals surface area (Å²) < 4.78 is 0. The van der Waals surface area contributed by atoms with Gasteiger partial charge in [0.2, 0.25) is 0 Å². The van der Waals surface area contributed by atoms with Gasteiger partial charge in [-0.3, -0.25) is 0 Å². The van der Waals surface area contributed by atoms with Crippen LogP contribution in [0.5, 0.6) is 0 Å². The van der Waals surface area contributed by atoms with Gasteiger partial charge < -0.3 is 10.2 Å². The molecule has 17 heavy (non-hydrogen) atoms. The largest absolute Gasteiger partial charge is 0.314 e. The first-order chi connectivity index (χ1) is 8.34. The van der Waals surface area contributed by atoms with Gasteiger partial charge in [0.25, 0.3) is 0 Å². The highest BCUT2D eigenvalue weighted by Gasteiger charge is 2.13. The first-order valence-electron chi connectivity index (χ1n) is 6.63. The van der Waals surface area contributed by atoms with Crippen LogP contribution in [0.1, 0.15) is 37.8 Å². The highest BCUT2D eigenvalue weighted by molar-refractivity contribution is 7.07. The molecule has 1 heterocycles. The molecule has 0 saturated heterocycles. The fourth-order valence-electron chi connectivity index (χ4n) is 2.46. The third-order valence-electron chi connectivity index (χ3n) is 3.42. The van der Waals surface area contributed by atoms with Gasteiger partial charge in [-0.1, -0.05) is 12.8 Å². The number of aromatic nitrogens is 1. The van der Waals surface area contributed by atoms with E-state index >= 15 is 0 Å². The average Bonchev–Trinajstić information content (AvgIpc) is 2.96. The molecular weight excluding hydrogens is 230 g/mol. The molecular formula is C13H23N3S. The summed E-state index contributed by atoms with van der Waals surface area (Å²) in [5.74, 6) is 0. The highest BCUT2D eigenvalue weighted by Crippen LogP contribution is 2.17. The fraction of sp³-hybridized carbons (Fsp3) is 0.769. The molecule has 2 rings (SSSR count). The van der Waals surface area contributed by atoms with Gasteiger partial charge in [0.1, 0.15) is 0 Å².